The van der Waals surface area contributed by atoms with Crippen molar-refractivity contribution < 1.29 is 0 Å². The molecule has 0 rings (SSSR count). The predicted molar refractivity (Wildman–Crippen MR) is 59.8 cm³/mol. The van der Waals surface area contributed by atoms with E-state index in [0.29, 0.717) is 6.04 Å². The molecule has 80 valence electrons. The lowest BCUT2D eigenvalue weighted by molar-refractivity contribution is 0.450. The van der Waals surface area contributed by atoms with Crippen molar-refractivity contribution in [1.82, 2.24) is 5.32 Å². The zero-order valence-corrected chi connectivity index (χ0v) is 9.64. The molecule has 0 saturated heterocycles. The van der Waals surface area contributed by atoms with Gasteiger partial charge in [-0.05, 0) is 37.8 Å². The maximum atomic E-state index is 5.95. The minimum atomic E-state index is 0.375. The number of nitrogens with two attached hydrogens (primary N) is 1. The van der Waals surface area contributed by atoms with Crippen LogP contribution in [0.4, 0.5) is 0 Å². The summed E-state index contributed by atoms with van der Waals surface area (Å²) >= 11 is 0. The average Bonchev–Trinajstić information content (AvgIpc) is 1.96. The summed E-state index contributed by atoms with van der Waals surface area (Å²) in [6.45, 7) is 11.1. The van der Waals surface area contributed by atoms with E-state index >= 15 is 0 Å². The highest BCUT2D eigenvalue weighted by Crippen LogP contribution is 2.04. The molecule has 2 heteroatoms. The second kappa shape index (κ2) is 7.34. The number of hydrogen-bond donors (Lipinski definition) is 2. The number of rotatable bonds is 7. The van der Waals surface area contributed by atoms with Crippen LogP contribution in [-0.2, 0) is 0 Å². The molecule has 13 heavy (non-hydrogen) atoms. The summed E-state index contributed by atoms with van der Waals surface area (Å²) < 4.78 is 0. The van der Waals surface area contributed by atoms with Crippen LogP contribution in [0, 0.1) is 11.8 Å². The van der Waals surface area contributed by atoms with Crippen LogP contribution < -0.4 is 11.1 Å². The maximum Gasteiger partial charge on any atom is 0.00533 e. The summed E-state index contributed by atoms with van der Waals surface area (Å²) in [4.78, 5) is 0. The van der Waals surface area contributed by atoms with Crippen molar-refractivity contribution in [2.75, 3.05) is 13.1 Å². The molecule has 0 unspecified atom stereocenters. The summed E-state index contributed by atoms with van der Waals surface area (Å²) in [6.07, 6.45) is 2.24. The van der Waals surface area contributed by atoms with E-state index in [2.05, 4.69) is 33.0 Å². The van der Waals surface area contributed by atoms with Gasteiger partial charge in [0.15, 0.2) is 0 Å². The van der Waals surface area contributed by atoms with Gasteiger partial charge in [0.1, 0.15) is 0 Å². The second-order valence-corrected chi connectivity index (χ2v) is 4.78. The Labute approximate surface area is 83.3 Å². The minimum Gasteiger partial charge on any atom is -0.328 e. The molecular formula is C11H26N2. The molecule has 0 aromatic carbocycles. The monoisotopic (exact) mass is 186 g/mol. The van der Waals surface area contributed by atoms with E-state index in [1.807, 2.05) is 0 Å². The third-order valence-electron chi connectivity index (χ3n) is 2.02. The summed E-state index contributed by atoms with van der Waals surface area (Å²) in [5, 5.41) is 3.41. The van der Waals surface area contributed by atoms with E-state index in [1.165, 1.54) is 0 Å². The third kappa shape index (κ3) is 9.84. The standard InChI is InChI=1S/C11H26N2/c1-9(2)7-11(12)5-6-13-8-10(3)4/h9-11,13H,5-8,12H2,1-4H3/t11-/m1/s1. The largest absolute Gasteiger partial charge is 0.328 e. The summed E-state index contributed by atoms with van der Waals surface area (Å²) in [7, 11) is 0. The van der Waals surface area contributed by atoms with Crippen LogP contribution >= 0.6 is 0 Å². The van der Waals surface area contributed by atoms with Crippen molar-refractivity contribution in [3.8, 4) is 0 Å². The molecule has 0 saturated carbocycles. The number of hydrogen-bond acceptors (Lipinski definition) is 2. The molecule has 0 spiro atoms. The Morgan fingerprint density at radius 2 is 1.69 bits per heavy atom. The van der Waals surface area contributed by atoms with Crippen molar-refractivity contribution in [2.24, 2.45) is 17.6 Å². The first kappa shape index (κ1) is 12.9. The molecular weight excluding hydrogens is 160 g/mol. The fourth-order valence-corrected chi connectivity index (χ4v) is 1.40. The molecule has 0 aromatic rings. The van der Waals surface area contributed by atoms with Crippen molar-refractivity contribution in [2.45, 2.75) is 46.6 Å². The fourth-order valence-electron chi connectivity index (χ4n) is 1.40. The van der Waals surface area contributed by atoms with E-state index in [0.717, 1.165) is 37.8 Å². The molecule has 0 aliphatic rings. The first-order valence-corrected chi connectivity index (χ1v) is 5.48. The molecule has 0 heterocycles. The Balaban J connectivity index is 3.22. The Morgan fingerprint density at radius 3 is 2.15 bits per heavy atom. The van der Waals surface area contributed by atoms with Gasteiger partial charge in [-0.2, -0.15) is 0 Å². The molecule has 0 bridgehead atoms. The van der Waals surface area contributed by atoms with Gasteiger partial charge in [-0.15, -0.1) is 0 Å². The van der Waals surface area contributed by atoms with Crippen LogP contribution in [0.2, 0.25) is 0 Å². The quantitative estimate of drug-likeness (QED) is 0.597. The van der Waals surface area contributed by atoms with Gasteiger partial charge in [0.2, 0.25) is 0 Å². The van der Waals surface area contributed by atoms with Crippen molar-refractivity contribution in [3.05, 3.63) is 0 Å². The highest BCUT2D eigenvalue weighted by molar-refractivity contribution is 4.65. The SMILES string of the molecule is CC(C)CNCC[C@@H](N)CC(C)C. The van der Waals surface area contributed by atoms with E-state index < -0.39 is 0 Å². The minimum absolute atomic E-state index is 0.375. The van der Waals surface area contributed by atoms with E-state index in [9.17, 15) is 0 Å². The van der Waals surface area contributed by atoms with Crippen LogP contribution in [-0.4, -0.2) is 19.1 Å². The lowest BCUT2D eigenvalue weighted by atomic mass is 10.0. The molecule has 0 aliphatic heterocycles. The van der Waals surface area contributed by atoms with Crippen molar-refractivity contribution in [1.29, 1.82) is 0 Å². The van der Waals surface area contributed by atoms with Crippen LogP contribution in [0.3, 0.4) is 0 Å². The van der Waals surface area contributed by atoms with Crippen molar-refractivity contribution in [3.63, 3.8) is 0 Å². The van der Waals surface area contributed by atoms with Gasteiger partial charge in [0.05, 0.1) is 0 Å². The third-order valence-corrected chi connectivity index (χ3v) is 2.02. The summed E-state index contributed by atoms with van der Waals surface area (Å²) in [5.41, 5.74) is 5.95. The first-order chi connectivity index (χ1) is 6.02. The van der Waals surface area contributed by atoms with Gasteiger partial charge in [-0.25, -0.2) is 0 Å². The zero-order chi connectivity index (χ0) is 10.3. The predicted octanol–water partition coefficient (Wildman–Crippen LogP) is 2.00. The highest BCUT2D eigenvalue weighted by atomic mass is 14.9. The molecule has 0 aliphatic carbocycles. The Hall–Kier alpha value is -0.0800. The van der Waals surface area contributed by atoms with Crippen molar-refractivity contribution >= 4 is 0 Å². The number of nitrogens with one attached hydrogen (secondary N) is 1. The molecule has 0 aromatic heterocycles. The Kier molecular flexibility index (Phi) is 7.29. The molecule has 0 fully saturated rings. The lowest BCUT2D eigenvalue weighted by Gasteiger charge is -2.14. The Bertz CT molecular complexity index is 111. The fraction of sp³-hybridized carbons (Fsp3) is 1.00. The highest BCUT2D eigenvalue weighted by Gasteiger charge is 2.04. The van der Waals surface area contributed by atoms with Gasteiger partial charge in [-0.3, -0.25) is 0 Å². The van der Waals surface area contributed by atoms with E-state index in [-0.39, 0.29) is 0 Å². The first-order valence-electron chi connectivity index (χ1n) is 5.48. The molecule has 1 atom stereocenters. The van der Waals surface area contributed by atoms with Gasteiger partial charge >= 0.3 is 0 Å². The van der Waals surface area contributed by atoms with Crippen LogP contribution in [0.5, 0.6) is 0 Å². The lowest BCUT2D eigenvalue weighted by Crippen LogP contribution is -2.29. The van der Waals surface area contributed by atoms with Crippen LogP contribution in [0.1, 0.15) is 40.5 Å². The van der Waals surface area contributed by atoms with E-state index in [4.69, 9.17) is 5.73 Å². The zero-order valence-electron chi connectivity index (χ0n) is 9.64. The summed E-state index contributed by atoms with van der Waals surface area (Å²) in [5.74, 6) is 1.46. The average molecular weight is 186 g/mol. The van der Waals surface area contributed by atoms with Crippen LogP contribution in [0.25, 0.3) is 0 Å². The van der Waals surface area contributed by atoms with Gasteiger partial charge in [0.25, 0.3) is 0 Å². The molecule has 0 amide bonds. The molecule has 0 radical (unpaired) electrons. The van der Waals surface area contributed by atoms with Crippen LogP contribution in [0.15, 0.2) is 0 Å². The second-order valence-electron chi connectivity index (χ2n) is 4.78. The molecule has 3 N–H and O–H groups in total. The van der Waals surface area contributed by atoms with E-state index in [1.54, 1.807) is 0 Å². The molecule has 2 nitrogen and oxygen atoms in total. The van der Waals surface area contributed by atoms with Gasteiger partial charge < -0.3 is 11.1 Å². The Morgan fingerprint density at radius 1 is 1.08 bits per heavy atom. The summed E-state index contributed by atoms with van der Waals surface area (Å²) in [6, 6.07) is 0.375. The smallest absolute Gasteiger partial charge is 0.00533 e. The van der Waals surface area contributed by atoms with Gasteiger partial charge in [0, 0.05) is 6.04 Å². The maximum absolute atomic E-state index is 5.95. The normalized spacial score (nSPS) is 14.1. The van der Waals surface area contributed by atoms with Gasteiger partial charge in [-0.1, -0.05) is 27.7 Å². The topological polar surface area (TPSA) is 38.0 Å².